The maximum Gasteiger partial charge on any atom is 0.0208 e. The molecule has 1 aromatic rings. The molecule has 0 aromatic heterocycles. The second kappa shape index (κ2) is 3.15. The minimum absolute atomic E-state index is 0.342. The number of nitrogens with one attached hydrogen (secondary N) is 1. The van der Waals surface area contributed by atoms with Crippen molar-refractivity contribution >= 4 is 0 Å². The largest absolute Gasteiger partial charge is 0.312 e. The second-order valence-electron chi connectivity index (χ2n) is 4.17. The molecule has 1 atom stereocenters. The summed E-state index contributed by atoms with van der Waals surface area (Å²) in [6.45, 7) is 6.76. The fraction of sp³-hybridized carbons (Fsp3) is 0.500. The van der Waals surface area contributed by atoms with Crippen molar-refractivity contribution in [3.05, 3.63) is 35.4 Å². The Morgan fingerprint density at radius 1 is 1.38 bits per heavy atom. The van der Waals surface area contributed by atoms with Crippen molar-refractivity contribution in [1.29, 1.82) is 0 Å². The molecule has 1 heteroatoms. The standard InChI is InChI=1S/C12H17N/c1-3-12(2)9-13-8-10-6-4-5-7-11(10)12/h4-7,13H,3,8-9H2,1-2H3. The zero-order valence-corrected chi connectivity index (χ0v) is 8.43. The molecule has 13 heavy (non-hydrogen) atoms. The van der Waals surface area contributed by atoms with Crippen LogP contribution in [0.25, 0.3) is 0 Å². The Morgan fingerprint density at radius 3 is 2.92 bits per heavy atom. The van der Waals surface area contributed by atoms with Crippen LogP contribution in [0.4, 0.5) is 0 Å². The van der Waals surface area contributed by atoms with Crippen LogP contribution >= 0.6 is 0 Å². The lowest BCUT2D eigenvalue weighted by Crippen LogP contribution is -2.40. The monoisotopic (exact) mass is 175 g/mol. The van der Waals surface area contributed by atoms with Crippen molar-refractivity contribution in [1.82, 2.24) is 5.32 Å². The molecule has 1 aromatic carbocycles. The zero-order valence-electron chi connectivity index (χ0n) is 8.43. The molecule has 0 spiro atoms. The van der Waals surface area contributed by atoms with Gasteiger partial charge in [0.2, 0.25) is 0 Å². The van der Waals surface area contributed by atoms with E-state index < -0.39 is 0 Å². The molecule has 70 valence electrons. The van der Waals surface area contributed by atoms with Gasteiger partial charge < -0.3 is 5.32 Å². The number of hydrogen-bond acceptors (Lipinski definition) is 1. The van der Waals surface area contributed by atoms with E-state index in [9.17, 15) is 0 Å². The molecule has 1 unspecified atom stereocenters. The van der Waals surface area contributed by atoms with E-state index in [1.807, 2.05) is 0 Å². The fourth-order valence-electron chi connectivity index (χ4n) is 2.15. The van der Waals surface area contributed by atoms with Gasteiger partial charge in [0.05, 0.1) is 0 Å². The van der Waals surface area contributed by atoms with Gasteiger partial charge in [-0.2, -0.15) is 0 Å². The van der Waals surface area contributed by atoms with Gasteiger partial charge in [0.15, 0.2) is 0 Å². The molecule has 0 saturated heterocycles. The summed E-state index contributed by atoms with van der Waals surface area (Å²) in [6.07, 6.45) is 1.21. The van der Waals surface area contributed by atoms with Crippen LogP contribution < -0.4 is 5.32 Å². The summed E-state index contributed by atoms with van der Waals surface area (Å²) >= 11 is 0. The molecule has 2 rings (SSSR count). The van der Waals surface area contributed by atoms with Gasteiger partial charge in [-0.05, 0) is 17.5 Å². The van der Waals surface area contributed by atoms with Crippen molar-refractivity contribution in [2.45, 2.75) is 32.2 Å². The van der Waals surface area contributed by atoms with Crippen molar-refractivity contribution < 1.29 is 0 Å². The number of benzene rings is 1. The van der Waals surface area contributed by atoms with Gasteiger partial charge in [0, 0.05) is 18.5 Å². The highest BCUT2D eigenvalue weighted by molar-refractivity contribution is 5.36. The highest BCUT2D eigenvalue weighted by Crippen LogP contribution is 2.32. The predicted molar refractivity (Wildman–Crippen MR) is 55.8 cm³/mol. The summed E-state index contributed by atoms with van der Waals surface area (Å²) in [5.74, 6) is 0. The van der Waals surface area contributed by atoms with Crippen LogP contribution in [0, 0.1) is 0 Å². The number of rotatable bonds is 1. The van der Waals surface area contributed by atoms with E-state index in [1.165, 1.54) is 17.5 Å². The molecular weight excluding hydrogens is 158 g/mol. The third-order valence-corrected chi connectivity index (χ3v) is 3.28. The summed E-state index contributed by atoms with van der Waals surface area (Å²) in [6, 6.07) is 8.79. The van der Waals surface area contributed by atoms with Gasteiger partial charge >= 0.3 is 0 Å². The van der Waals surface area contributed by atoms with Crippen LogP contribution in [0.15, 0.2) is 24.3 Å². The molecule has 1 heterocycles. The third kappa shape index (κ3) is 1.37. The van der Waals surface area contributed by atoms with Crippen molar-refractivity contribution in [2.24, 2.45) is 0 Å². The summed E-state index contributed by atoms with van der Waals surface area (Å²) in [7, 11) is 0. The Balaban J connectivity index is 2.48. The molecule has 1 aliphatic rings. The normalized spacial score (nSPS) is 26.9. The number of hydrogen-bond donors (Lipinski definition) is 1. The molecule has 0 amide bonds. The third-order valence-electron chi connectivity index (χ3n) is 3.28. The topological polar surface area (TPSA) is 12.0 Å². The van der Waals surface area contributed by atoms with E-state index in [2.05, 4.69) is 43.4 Å². The Hall–Kier alpha value is -0.820. The van der Waals surface area contributed by atoms with E-state index in [1.54, 1.807) is 0 Å². The van der Waals surface area contributed by atoms with Crippen LogP contribution in [0.3, 0.4) is 0 Å². The molecule has 0 fully saturated rings. The Bertz CT molecular complexity index is 306. The predicted octanol–water partition coefficient (Wildman–Crippen LogP) is 2.46. The molecule has 1 nitrogen and oxygen atoms in total. The maximum absolute atomic E-state index is 3.48. The van der Waals surface area contributed by atoms with Crippen LogP contribution in [0.5, 0.6) is 0 Å². The molecular formula is C12H17N. The van der Waals surface area contributed by atoms with Gasteiger partial charge in [-0.3, -0.25) is 0 Å². The van der Waals surface area contributed by atoms with Crippen LogP contribution in [0.1, 0.15) is 31.4 Å². The SMILES string of the molecule is CCC1(C)CNCc2ccccc21. The van der Waals surface area contributed by atoms with Crippen molar-refractivity contribution in [2.75, 3.05) is 6.54 Å². The van der Waals surface area contributed by atoms with Gasteiger partial charge in [-0.15, -0.1) is 0 Å². The first-order valence-electron chi connectivity index (χ1n) is 5.05. The lowest BCUT2D eigenvalue weighted by molar-refractivity contribution is 0.388. The van der Waals surface area contributed by atoms with E-state index in [4.69, 9.17) is 0 Å². The van der Waals surface area contributed by atoms with Gasteiger partial charge in [-0.25, -0.2) is 0 Å². The first kappa shape index (κ1) is 8.76. The Morgan fingerprint density at radius 2 is 2.15 bits per heavy atom. The molecule has 1 aliphatic heterocycles. The summed E-state index contributed by atoms with van der Waals surface area (Å²) in [4.78, 5) is 0. The zero-order chi connectivity index (χ0) is 9.31. The summed E-state index contributed by atoms with van der Waals surface area (Å²) in [5, 5.41) is 3.48. The van der Waals surface area contributed by atoms with Crippen LogP contribution in [0.2, 0.25) is 0 Å². The number of fused-ring (bicyclic) bond motifs is 1. The van der Waals surface area contributed by atoms with Gasteiger partial charge in [0.1, 0.15) is 0 Å². The molecule has 1 N–H and O–H groups in total. The molecule has 0 aliphatic carbocycles. The minimum atomic E-state index is 0.342. The highest BCUT2D eigenvalue weighted by atomic mass is 14.9. The van der Waals surface area contributed by atoms with Crippen molar-refractivity contribution in [3.8, 4) is 0 Å². The lowest BCUT2D eigenvalue weighted by Gasteiger charge is -2.35. The van der Waals surface area contributed by atoms with Crippen molar-refractivity contribution in [3.63, 3.8) is 0 Å². The maximum atomic E-state index is 3.48. The highest BCUT2D eigenvalue weighted by Gasteiger charge is 2.29. The van der Waals surface area contributed by atoms with Gasteiger partial charge in [-0.1, -0.05) is 38.1 Å². The fourth-order valence-corrected chi connectivity index (χ4v) is 2.15. The quantitative estimate of drug-likeness (QED) is 0.691. The average molecular weight is 175 g/mol. The second-order valence-corrected chi connectivity index (χ2v) is 4.17. The van der Waals surface area contributed by atoms with E-state index >= 15 is 0 Å². The summed E-state index contributed by atoms with van der Waals surface area (Å²) < 4.78 is 0. The molecule has 0 bridgehead atoms. The Kier molecular flexibility index (Phi) is 2.12. The lowest BCUT2D eigenvalue weighted by atomic mass is 9.75. The molecule has 0 saturated carbocycles. The van der Waals surface area contributed by atoms with E-state index in [0.717, 1.165) is 13.1 Å². The van der Waals surface area contributed by atoms with Crippen LogP contribution in [-0.2, 0) is 12.0 Å². The summed E-state index contributed by atoms with van der Waals surface area (Å²) in [5.41, 5.74) is 3.35. The first-order chi connectivity index (χ1) is 6.26. The Labute approximate surface area is 80.2 Å². The van der Waals surface area contributed by atoms with Crippen LogP contribution in [-0.4, -0.2) is 6.54 Å². The smallest absolute Gasteiger partial charge is 0.0208 e. The average Bonchev–Trinajstić information content (AvgIpc) is 2.19. The minimum Gasteiger partial charge on any atom is -0.312 e. The molecule has 0 radical (unpaired) electrons. The first-order valence-corrected chi connectivity index (χ1v) is 5.05. The van der Waals surface area contributed by atoms with E-state index in [0.29, 0.717) is 5.41 Å². The van der Waals surface area contributed by atoms with Gasteiger partial charge in [0.25, 0.3) is 0 Å². The van der Waals surface area contributed by atoms with E-state index in [-0.39, 0.29) is 0 Å².